The molecule has 2 atom stereocenters. The van der Waals surface area contributed by atoms with E-state index in [1.165, 1.54) is 0 Å². The van der Waals surface area contributed by atoms with E-state index in [9.17, 15) is 4.79 Å². The Morgan fingerprint density at radius 3 is 1.25 bits per heavy atom. The molecule has 0 aliphatic heterocycles. The number of rotatable bonds is 6. The lowest BCUT2D eigenvalue weighted by atomic mass is 9.91. The fourth-order valence-electron chi connectivity index (χ4n) is 2.89. The average molecular weight is 447 g/mol. The van der Waals surface area contributed by atoms with Crippen molar-refractivity contribution in [2.75, 3.05) is 0 Å². The smallest absolute Gasteiger partial charge is 0.192 e. The number of Topliss-reactive ketones (excluding diaryl/α,β-unsaturated/α-hetero) is 1. The van der Waals surface area contributed by atoms with Crippen molar-refractivity contribution in [3.63, 3.8) is 0 Å². The Balaban J connectivity index is 3.25. The summed E-state index contributed by atoms with van der Waals surface area (Å²) < 4.78 is 20.2. The van der Waals surface area contributed by atoms with Gasteiger partial charge >= 0.3 is 0 Å². The summed E-state index contributed by atoms with van der Waals surface area (Å²) in [6, 6.07) is 0. The highest BCUT2D eigenvalue weighted by atomic mass is 28.4. The van der Waals surface area contributed by atoms with Gasteiger partial charge in [-0.25, -0.2) is 0 Å². The molecule has 1 rings (SSSR count). The van der Waals surface area contributed by atoms with Gasteiger partial charge in [0.1, 0.15) is 5.78 Å². The van der Waals surface area contributed by atoms with Gasteiger partial charge in [-0.15, -0.1) is 0 Å². The summed E-state index contributed by atoms with van der Waals surface area (Å²) >= 11 is 0. The zero-order valence-corrected chi connectivity index (χ0v) is 23.8. The lowest BCUT2D eigenvalue weighted by Gasteiger charge is -2.48. The molecule has 0 aromatic carbocycles. The molecular formula is C21H46O4Si3. The third-order valence-corrected chi connectivity index (χ3v) is 16.6. The van der Waals surface area contributed by atoms with Crippen LogP contribution in [-0.4, -0.2) is 49.0 Å². The Hall–Kier alpha value is 0.201. The highest BCUT2D eigenvalue weighted by Crippen LogP contribution is 2.42. The third kappa shape index (κ3) is 6.87. The predicted molar refractivity (Wildman–Crippen MR) is 127 cm³/mol. The SMILES string of the molecule is CC(C)(C)[Si](C)(C)O[C@@H]1CC(=O)C[C@@H](O[Si](C)(C)C(C)(C)C)C1O[Si](C)(C)C. The zero-order valence-electron chi connectivity index (χ0n) is 20.8. The molecule has 1 aliphatic rings. The van der Waals surface area contributed by atoms with E-state index in [0.717, 1.165) is 0 Å². The first-order valence-corrected chi connectivity index (χ1v) is 19.9. The molecule has 0 radical (unpaired) electrons. The van der Waals surface area contributed by atoms with Gasteiger partial charge in [-0.1, -0.05) is 41.5 Å². The fourth-order valence-corrected chi connectivity index (χ4v) is 6.67. The molecule has 166 valence electrons. The highest BCUT2D eigenvalue weighted by Gasteiger charge is 2.49. The van der Waals surface area contributed by atoms with Gasteiger partial charge in [-0.2, -0.15) is 0 Å². The van der Waals surface area contributed by atoms with Crippen LogP contribution in [0.2, 0.25) is 55.9 Å². The van der Waals surface area contributed by atoms with Gasteiger partial charge in [0.2, 0.25) is 0 Å². The maximum atomic E-state index is 12.7. The number of carbonyl (C=O) groups excluding carboxylic acids is 1. The molecule has 0 amide bonds. The molecule has 1 saturated carbocycles. The Labute approximate surface area is 177 Å². The van der Waals surface area contributed by atoms with Crippen LogP contribution in [0, 0.1) is 0 Å². The van der Waals surface area contributed by atoms with Crippen molar-refractivity contribution < 1.29 is 18.1 Å². The first-order valence-electron chi connectivity index (χ1n) is 10.7. The maximum Gasteiger partial charge on any atom is 0.192 e. The summed E-state index contributed by atoms with van der Waals surface area (Å²) in [6.45, 7) is 29.0. The topological polar surface area (TPSA) is 44.8 Å². The van der Waals surface area contributed by atoms with Gasteiger partial charge in [0.15, 0.2) is 25.0 Å². The van der Waals surface area contributed by atoms with Gasteiger partial charge in [-0.3, -0.25) is 4.79 Å². The summed E-state index contributed by atoms with van der Waals surface area (Å²) in [6.07, 6.45) is 0.317. The minimum absolute atomic E-state index is 0.0903. The van der Waals surface area contributed by atoms with Crippen molar-refractivity contribution in [1.29, 1.82) is 0 Å². The van der Waals surface area contributed by atoms with Crippen molar-refractivity contribution in [2.45, 2.75) is 129 Å². The molecule has 0 spiro atoms. The van der Waals surface area contributed by atoms with Crippen molar-refractivity contribution in [3.8, 4) is 0 Å². The molecule has 0 aromatic rings. The van der Waals surface area contributed by atoms with E-state index in [1.54, 1.807) is 0 Å². The molecule has 4 nitrogen and oxygen atoms in total. The molecule has 1 fully saturated rings. The van der Waals surface area contributed by atoms with E-state index in [0.29, 0.717) is 12.8 Å². The molecule has 0 bridgehead atoms. The van der Waals surface area contributed by atoms with Crippen molar-refractivity contribution in [3.05, 3.63) is 0 Å². The summed E-state index contributed by atoms with van der Waals surface area (Å²) in [5, 5.41) is 0.181. The van der Waals surface area contributed by atoms with Gasteiger partial charge in [-0.05, 0) is 55.9 Å². The van der Waals surface area contributed by atoms with E-state index in [4.69, 9.17) is 13.3 Å². The van der Waals surface area contributed by atoms with E-state index >= 15 is 0 Å². The largest absolute Gasteiger partial charge is 0.411 e. The third-order valence-electron chi connectivity index (χ3n) is 6.58. The van der Waals surface area contributed by atoms with Crippen molar-refractivity contribution in [1.82, 2.24) is 0 Å². The maximum absolute atomic E-state index is 12.7. The first kappa shape index (κ1) is 26.2. The second kappa shape index (κ2) is 8.38. The second-order valence-corrected chi connectivity index (χ2v) is 26.4. The highest BCUT2D eigenvalue weighted by molar-refractivity contribution is 6.74. The zero-order chi connectivity index (χ0) is 22.3. The molecule has 0 saturated heterocycles. The Bertz CT molecular complexity index is 513. The number of hydrogen-bond acceptors (Lipinski definition) is 4. The monoisotopic (exact) mass is 446 g/mol. The van der Waals surface area contributed by atoms with Gasteiger partial charge in [0.05, 0.1) is 18.3 Å². The number of carbonyl (C=O) groups is 1. The van der Waals surface area contributed by atoms with Crippen molar-refractivity contribution in [2.24, 2.45) is 0 Å². The Morgan fingerprint density at radius 1 is 0.679 bits per heavy atom. The molecular weight excluding hydrogens is 400 g/mol. The van der Waals surface area contributed by atoms with E-state index in [1.807, 2.05) is 0 Å². The van der Waals surface area contributed by atoms with Crippen LogP contribution in [0.4, 0.5) is 0 Å². The lowest BCUT2D eigenvalue weighted by Crippen LogP contribution is -2.59. The summed E-state index contributed by atoms with van der Waals surface area (Å²) in [4.78, 5) is 12.7. The van der Waals surface area contributed by atoms with Crippen LogP contribution in [0.25, 0.3) is 0 Å². The summed E-state index contributed by atoms with van der Waals surface area (Å²) in [7, 11) is -5.88. The molecule has 7 heteroatoms. The second-order valence-electron chi connectivity index (χ2n) is 12.5. The predicted octanol–water partition coefficient (Wildman–Crippen LogP) is 6.35. The van der Waals surface area contributed by atoms with Gasteiger partial charge in [0, 0.05) is 12.8 Å². The standard InChI is InChI=1S/C21H46O4Si3/c1-20(2,3)27(10,11)23-17-14-16(22)15-18(19(17)25-26(7,8)9)24-28(12,13)21(4,5)6/h17-19H,14-15H2,1-13H3/t17-,18-/m1/s1. The van der Waals surface area contributed by atoms with Crippen LogP contribution < -0.4 is 0 Å². The van der Waals surface area contributed by atoms with E-state index in [2.05, 4.69) is 87.4 Å². The van der Waals surface area contributed by atoms with E-state index < -0.39 is 25.0 Å². The molecule has 0 N–H and O–H groups in total. The number of ketones is 1. The molecule has 0 heterocycles. The van der Waals surface area contributed by atoms with Crippen LogP contribution in [0.5, 0.6) is 0 Å². The number of hydrogen-bond donors (Lipinski definition) is 0. The van der Waals surface area contributed by atoms with E-state index in [-0.39, 0.29) is 34.2 Å². The summed E-state index contributed by atoms with van der Waals surface area (Å²) in [5.74, 6) is 0.239. The minimum atomic E-state index is -2.02. The quantitative estimate of drug-likeness (QED) is 0.446. The Kier molecular flexibility index (Phi) is 7.85. The molecule has 0 unspecified atom stereocenters. The first-order chi connectivity index (χ1) is 12.2. The lowest BCUT2D eigenvalue weighted by molar-refractivity contribution is -0.134. The van der Waals surface area contributed by atoms with Crippen LogP contribution in [-0.2, 0) is 18.1 Å². The van der Waals surface area contributed by atoms with Crippen LogP contribution >= 0.6 is 0 Å². The summed E-state index contributed by atoms with van der Waals surface area (Å²) in [5.41, 5.74) is 0. The minimum Gasteiger partial charge on any atom is -0.411 e. The normalized spacial score (nSPS) is 24.0. The van der Waals surface area contributed by atoms with Gasteiger partial charge < -0.3 is 13.3 Å². The van der Waals surface area contributed by atoms with Gasteiger partial charge in [0.25, 0.3) is 0 Å². The van der Waals surface area contributed by atoms with Crippen molar-refractivity contribution >= 4 is 30.7 Å². The molecule has 0 aromatic heterocycles. The van der Waals surface area contributed by atoms with Crippen LogP contribution in [0.1, 0.15) is 54.4 Å². The Morgan fingerprint density at radius 2 is 1.00 bits per heavy atom. The molecule has 28 heavy (non-hydrogen) atoms. The van der Waals surface area contributed by atoms with Crippen LogP contribution in [0.15, 0.2) is 0 Å². The molecule has 1 aliphatic carbocycles. The van der Waals surface area contributed by atoms with Crippen LogP contribution in [0.3, 0.4) is 0 Å². The average Bonchev–Trinajstić information content (AvgIpc) is 2.38. The fraction of sp³-hybridized carbons (Fsp3) is 0.952.